The van der Waals surface area contributed by atoms with Gasteiger partial charge < -0.3 is 9.52 Å². The normalized spacial score (nSPS) is 17.0. The lowest BCUT2D eigenvalue weighted by Crippen LogP contribution is -2.23. The maximum Gasteiger partial charge on any atom is 0.311 e. The van der Waals surface area contributed by atoms with E-state index in [2.05, 4.69) is 12.1 Å². The monoisotopic (exact) mass is 376 g/mol. The van der Waals surface area contributed by atoms with Crippen LogP contribution in [0.5, 0.6) is 0 Å². The Labute approximate surface area is 162 Å². The molecule has 2 unspecified atom stereocenters. The summed E-state index contributed by atoms with van der Waals surface area (Å²) in [5.41, 5.74) is 4.01. The average Bonchev–Trinajstić information content (AvgIpc) is 3.36. The molecule has 136 valence electrons. The van der Waals surface area contributed by atoms with Crippen LogP contribution in [0.4, 0.5) is 0 Å². The second kappa shape index (κ2) is 7.89. The maximum atomic E-state index is 11.8. The van der Waals surface area contributed by atoms with Gasteiger partial charge in [-0.2, -0.15) is 0 Å². The fourth-order valence-corrected chi connectivity index (χ4v) is 4.79. The summed E-state index contributed by atoms with van der Waals surface area (Å²) >= 11 is 1.82. The molecule has 4 heteroatoms. The van der Waals surface area contributed by atoms with Crippen molar-refractivity contribution in [1.29, 1.82) is 0 Å². The Morgan fingerprint density at radius 3 is 2.15 bits per heavy atom. The molecule has 0 radical (unpaired) electrons. The molecule has 2 aromatic carbocycles. The van der Waals surface area contributed by atoms with Gasteiger partial charge in [0.15, 0.2) is 0 Å². The molecule has 2 aromatic heterocycles. The zero-order valence-electron chi connectivity index (χ0n) is 14.7. The quantitative estimate of drug-likeness (QED) is 0.476. The molecule has 27 heavy (non-hydrogen) atoms. The minimum absolute atomic E-state index is 0.0624. The number of thioether (sulfide) groups is 1. The predicted octanol–water partition coefficient (Wildman–Crippen LogP) is 6.01. The highest BCUT2D eigenvalue weighted by molar-refractivity contribution is 7.99. The first kappa shape index (κ1) is 17.7. The topological polar surface area (TPSA) is 50.4 Å². The third kappa shape index (κ3) is 3.86. The zero-order valence-corrected chi connectivity index (χ0v) is 15.6. The summed E-state index contributed by atoms with van der Waals surface area (Å²) in [6.07, 6.45) is 0.910. The molecule has 0 saturated carbocycles. The van der Waals surface area contributed by atoms with E-state index in [0.29, 0.717) is 0 Å². The molecule has 0 fully saturated rings. The van der Waals surface area contributed by atoms with E-state index in [9.17, 15) is 9.90 Å². The Balaban J connectivity index is 0.000000213. The van der Waals surface area contributed by atoms with E-state index < -0.39 is 11.9 Å². The molecule has 4 aromatic rings. The van der Waals surface area contributed by atoms with Crippen molar-refractivity contribution in [3.8, 4) is 0 Å². The van der Waals surface area contributed by atoms with Crippen LogP contribution in [0.15, 0.2) is 88.2 Å². The Morgan fingerprint density at radius 2 is 1.56 bits per heavy atom. The van der Waals surface area contributed by atoms with Crippen LogP contribution >= 0.6 is 11.8 Å². The number of benzene rings is 3. The van der Waals surface area contributed by atoms with Crippen molar-refractivity contribution in [3.63, 3.8) is 0 Å². The minimum Gasteiger partial charge on any atom is -0.481 e. The van der Waals surface area contributed by atoms with E-state index >= 15 is 0 Å². The number of carboxylic acid groups (broad SMARTS) is 1. The molecule has 2 bridgehead atoms. The van der Waals surface area contributed by atoms with Gasteiger partial charge in [-0.05, 0) is 53.6 Å². The van der Waals surface area contributed by atoms with Gasteiger partial charge in [-0.3, -0.25) is 4.79 Å². The van der Waals surface area contributed by atoms with Crippen LogP contribution < -0.4 is 0 Å². The Bertz CT molecular complexity index is 963. The molecular weight excluding hydrogens is 356 g/mol. The van der Waals surface area contributed by atoms with Crippen LogP contribution in [-0.4, -0.2) is 16.8 Å². The molecule has 0 aliphatic carbocycles. The van der Waals surface area contributed by atoms with Crippen molar-refractivity contribution < 1.29 is 14.3 Å². The van der Waals surface area contributed by atoms with Crippen molar-refractivity contribution in [3.05, 3.63) is 90.0 Å². The van der Waals surface area contributed by atoms with Gasteiger partial charge in [-0.1, -0.05) is 48.5 Å². The maximum absolute atomic E-state index is 11.8. The lowest BCUT2D eigenvalue weighted by Gasteiger charge is -2.30. The molecule has 1 aliphatic heterocycles. The van der Waals surface area contributed by atoms with Crippen molar-refractivity contribution in [2.24, 2.45) is 0 Å². The van der Waals surface area contributed by atoms with Crippen molar-refractivity contribution in [2.75, 3.05) is 5.75 Å². The third-order valence-electron chi connectivity index (χ3n) is 4.89. The van der Waals surface area contributed by atoms with Crippen molar-refractivity contribution in [1.82, 2.24) is 0 Å². The number of hydrogen-bond donors (Lipinski definition) is 1. The zero-order chi connectivity index (χ0) is 18.6. The number of fused-ring (bicyclic) bond motifs is 3. The second-order valence-corrected chi connectivity index (χ2v) is 7.72. The summed E-state index contributed by atoms with van der Waals surface area (Å²) in [6, 6.07) is 25.6. The van der Waals surface area contributed by atoms with Crippen molar-refractivity contribution >= 4 is 28.9 Å². The molecule has 2 atom stereocenters. The summed E-state index contributed by atoms with van der Waals surface area (Å²) < 4.78 is 5.08. The number of hydrogen-bond acceptors (Lipinski definition) is 3. The highest BCUT2D eigenvalue weighted by Crippen LogP contribution is 2.44. The first-order valence-corrected chi connectivity index (χ1v) is 9.98. The first-order valence-electron chi connectivity index (χ1n) is 9.00. The highest BCUT2D eigenvalue weighted by Gasteiger charge is 2.33. The van der Waals surface area contributed by atoms with Gasteiger partial charge in [0.1, 0.15) is 11.2 Å². The summed E-state index contributed by atoms with van der Waals surface area (Å²) in [6.45, 7) is 0. The number of rotatable bonds is 3. The van der Waals surface area contributed by atoms with Crippen LogP contribution in [0.25, 0.3) is 11.2 Å². The summed E-state index contributed by atoms with van der Waals surface area (Å²) in [5.74, 6) is -0.147. The molecule has 3 nitrogen and oxygen atoms in total. The molecule has 1 N–H and O–H groups in total. The number of furan rings is 2. The number of carboxylic acids is 1. The molecule has 0 saturated heterocycles. The third-order valence-corrected chi connectivity index (χ3v) is 6.01. The number of aliphatic carboxylic acids is 1. The first-order chi connectivity index (χ1) is 13.2. The lowest BCUT2D eigenvalue weighted by molar-refractivity contribution is -0.139. The van der Waals surface area contributed by atoms with Gasteiger partial charge in [-0.15, -0.1) is 11.8 Å². The lowest BCUT2D eigenvalue weighted by atomic mass is 9.79. The van der Waals surface area contributed by atoms with Crippen LogP contribution in [0, 0.1) is 0 Å². The summed E-state index contributed by atoms with van der Waals surface area (Å²) in [7, 11) is 0. The van der Waals surface area contributed by atoms with Gasteiger partial charge in [0.2, 0.25) is 0 Å². The Morgan fingerprint density at radius 1 is 0.926 bits per heavy atom. The van der Waals surface area contributed by atoms with Crippen LogP contribution in [-0.2, 0) is 4.79 Å². The van der Waals surface area contributed by atoms with Crippen LogP contribution in [0.3, 0.4) is 0 Å². The molecule has 3 heterocycles. The van der Waals surface area contributed by atoms with E-state index in [-0.39, 0.29) is 5.92 Å². The predicted molar refractivity (Wildman–Crippen MR) is 109 cm³/mol. The van der Waals surface area contributed by atoms with E-state index in [0.717, 1.165) is 28.9 Å². The molecule has 5 rings (SSSR count). The second-order valence-electron chi connectivity index (χ2n) is 6.58. The average molecular weight is 376 g/mol. The summed E-state index contributed by atoms with van der Waals surface area (Å²) in [4.78, 5) is 13.0. The fourth-order valence-electron chi connectivity index (χ4n) is 3.64. The van der Waals surface area contributed by atoms with Gasteiger partial charge in [0.05, 0.1) is 5.92 Å². The Kier molecular flexibility index (Phi) is 5.16. The largest absolute Gasteiger partial charge is 0.481 e. The smallest absolute Gasteiger partial charge is 0.311 e. The molecular formula is C23H20O3S. The minimum atomic E-state index is -0.733. The van der Waals surface area contributed by atoms with Crippen molar-refractivity contribution in [2.45, 2.75) is 23.2 Å². The highest BCUT2D eigenvalue weighted by atomic mass is 32.2. The summed E-state index contributed by atoms with van der Waals surface area (Å²) in [5, 5.41) is 9.70. The Hall–Kier alpha value is -2.72. The molecule has 0 spiro atoms. The van der Waals surface area contributed by atoms with Gasteiger partial charge in [0.25, 0.3) is 0 Å². The SMILES string of the molecule is O=C(O)C(c1ccccc1)C1CCSc2ccccc21.c1cc2ccc1o2. The fraction of sp³-hybridized carbons (Fsp3) is 0.174. The van der Waals surface area contributed by atoms with Gasteiger partial charge in [0, 0.05) is 10.8 Å². The van der Waals surface area contributed by atoms with Gasteiger partial charge >= 0.3 is 5.97 Å². The molecule has 1 aliphatic rings. The van der Waals surface area contributed by atoms with E-state index in [1.54, 1.807) is 0 Å². The van der Waals surface area contributed by atoms with E-state index in [1.807, 2.05) is 78.5 Å². The number of carbonyl (C=O) groups is 1. The molecule has 0 amide bonds. The van der Waals surface area contributed by atoms with E-state index in [4.69, 9.17) is 4.42 Å². The van der Waals surface area contributed by atoms with Gasteiger partial charge in [-0.25, -0.2) is 0 Å². The standard InChI is InChI=1S/C17H16O2S.C6H4O/c18-17(19)16(12-6-2-1-3-7-12)14-10-11-20-15-9-5-4-8-13(14)15;1-2-6-4-3-5(1)7-6/h1-9,14,16H,10-11H2,(H,18,19);1-4H. The van der Waals surface area contributed by atoms with Crippen LogP contribution in [0.1, 0.15) is 29.4 Å². The van der Waals surface area contributed by atoms with Crippen LogP contribution in [0.2, 0.25) is 0 Å². The van der Waals surface area contributed by atoms with E-state index in [1.165, 1.54) is 10.5 Å².